The summed E-state index contributed by atoms with van der Waals surface area (Å²) >= 11 is 5.99. The molecule has 1 aromatic heterocycles. The van der Waals surface area contributed by atoms with Crippen LogP contribution in [-0.4, -0.2) is 33.9 Å². The molecule has 4 rings (SSSR count). The van der Waals surface area contributed by atoms with E-state index in [1.54, 1.807) is 11.8 Å². The molecule has 2 aromatic rings. The molecule has 2 heterocycles. The summed E-state index contributed by atoms with van der Waals surface area (Å²) in [5.74, 6) is 0.173. The van der Waals surface area contributed by atoms with Crippen molar-refractivity contribution in [3.8, 4) is 0 Å². The third kappa shape index (κ3) is 2.61. The Morgan fingerprint density at radius 2 is 2.15 bits per heavy atom. The van der Waals surface area contributed by atoms with Crippen LogP contribution < -0.4 is 11.3 Å². The van der Waals surface area contributed by atoms with E-state index in [1.165, 1.54) is 18.0 Å². The van der Waals surface area contributed by atoms with Crippen LogP contribution in [0.5, 0.6) is 0 Å². The van der Waals surface area contributed by atoms with E-state index < -0.39 is 5.56 Å². The largest absolute Gasteiger partial charge is 0.404 e. The molecule has 1 aliphatic heterocycles. The molecule has 0 bridgehead atoms. The number of halogens is 1. The van der Waals surface area contributed by atoms with Crippen LogP contribution in [0.4, 0.5) is 0 Å². The van der Waals surface area contributed by atoms with Crippen LogP contribution in [0, 0.1) is 12.8 Å². The second-order valence-electron chi connectivity index (χ2n) is 7.05. The zero-order chi connectivity index (χ0) is 18.5. The van der Waals surface area contributed by atoms with Crippen molar-refractivity contribution >= 4 is 23.1 Å². The Labute approximate surface area is 155 Å². The monoisotopic (exact) mass is 370 g/mol. The van der Waals surface area contributed by atoms with Gasteiger partial charge in [-0.1, -0.05) is 23.7 Å². The first-order valence-corrected chi connectivity index (χ1v) is 8.86. The lowest BCUT2D eigenvalue weighted by atomic mass is 9.95. The fraction of sp³-hybridized carbons (Fsp3) is 0.316. The Kier molecular flexibility index (Phi) is 3.88. The number of fused-ring (bicyclic) bond motifs is 1. The van der Waals surface area contributed by atoms with Gasteiger partial charge in [-0.15, -0.1) is 0 Å². The summed E-state index contributed by atoms with van der Waals surface area (Å²) < 4.78 is 0. The molecule has 2 atom stereocenters. The van der Waals surface area contributed by atoms with Crippen molar-refractivity contribution in [2.24, 2.45) is 11.7 Å². The SMILES string of the molecule is Cc1c[nH]c(=O)c(C(=CN)C(=O)N2CC3CC3(c3ccc(Cl)cc3)C2)n1. The van der Waals surface area contributed by atoms with E-state index in [0.717, 1.165) is 6.42 Å². The maximum absolute atomic E-state index is 13.0. The van der Waals surface area contributed by atoms with Gasteiger partial charge in [0, 0.05) is 35.9 Å². The van der Waals surface area contributed by atoms with Crippen LogP contribution in [0.2, 0.25) is 5.02 Å². The lowest BCUT2D eigenvalue weighted by molar-refractivity contribution is -0.124. The smallest absolute Gasteiger partial charge is 0.274 e. The summed E-state index contributed by atoms with van der Waals surface area (Å²) in [7, 11) is 0. The number of amides is 1. The number of piperidine rings is 1. The second kappa shape index (κ2) is 5.99. The number of carbonyl (C=O) groups is 1. The highest BCUT2D eigenvalue weighted by Crippen LogP contribution is 2.59. The minimum atomic E-state index is -0.419. The molecular weight excluding hydrogens is 352 g/mol. The Bertz CT molecular complexity index is 966. The molecule has 3 N–H and O–H groups in total. The van der Waals surface area contributed by atoms with Gasteiger partial charge in [0.15, 0.2) is 0 Å². The van der Waals surface area contributed by atoms with Crippen molar-refractivity contribution < 1.29 is 4.79 Å². The van der Waals surface area contributed by atoms with Gasteiger partial charge in [-0.05, 0) is 37.0 Å². The highest BCUT2D eigenvalue weighted by Gasteiger charge is 2.61. The molecule has 1 amide bonds. The summed E-state index contributed by atoms with van der Waals surface area (Å²) in [6.45, 7) is 3.01. The zero-order valence-electron chi connectivity index (χ0n) is 14.3. The van der Waals surface area contributed by atoms with Gasteiger partial charge < -0.3 is 15.6 Å². The minimum Gasteiger partial charge on any atom is -0.404 e. The summed E-state index contributed by atoms with van der Waals surface area (Å²) in [5, 5.41) is 0.700. The van der Waals surface area contributed by atoms with Gasteiger partial charge in [0.05, 0.1) is 11.3 Å². The maximum atomic E-state index is 13.0. The van der Waals surface area contributed by atoms with Crippen LogP contribution in [0.25, 0.3) is 5.57 Å². The Morgan fingerprint density at radius 1 is 1.42 bits per heavy atom. The number of rotatable bonds is 3. The highest BCUT2D eigenvalue weighted by atomic mass is 35.5. The molecule has 1 aliphatic carbocycles. The van der Waals surface area contributed by atoms with E-state index in [0.29, 0.717) is 29.7 Å². The number of nitrogens with two attached hydrogens (primary N) is 1. The highest BCUT2D eigenvalue weighted by molar-refractivity contribution is 6.30. The lowest BCUT2D eigenvalue weighted by Crippen LogP contribution is -2.35. The molecule has 2 unspecified atom stereocenters. The molecule has 2 aliphatic rings. The predicted molar refractivity (Wildman–Crippen MR) is 99.6 cm³/mol. The zero-order valence-corrected chi connectivity index (χ0v) is 15.1. The topological polar surface area (TPSA) is 92.1 Å². The molecular formula is C19H19ClN4O2. The average molecular weight is 371 g/mol. The van der Waals surface area contributed by atoms with Crippen LogP contribution in [0.1, 0.15) is 23.4 Å². The van der Waals surface area contributed by atoms with E-state index in [9.17, 15) is 9.59 Å². The Balaban J connectivity index is 1.59. The molecule has 0 radical (unpaired) electrons. The van der Waals surface area contributed by atoms with Crippen molar-refractivity contribution in [1.29, 1.82) is 0 Å². The minimum absolute atomic E-state index is 0.00753. The molecule has 26 heavy (non-hydrogen) atoms. The van der Waals surface area contributed by atoms with Gasteiger partial charge >= 0.3 is 0 Å². The summed E-state index contributed by atoms with van der Waals surface area (Å²) in [6, 6.07) is 7.82. The summed E-state index contributed by atoms with van der Waals surface area (Å²) in [4.78, 5) is 33.6. The first kappa shape index (κ1) is 16.8. The van der Waals surface area contributed by atoms with Gasteiger partial charge in [-0.3, -0.25) is 9.59 Å². The van der Waals surface area contributed by atoms with Crippen molar-refractivity contribution in [2.75, 3.05) is 13.1 Å². The lowest BCUT2D eigenvalue weighted by Gasteiger charge is -2.22. The maximum Gasteiger partial charge on any atom is 0.274 e. The number of nitrogens with zero attached hydrogens (tertiary/aromatic N) is 2. The third-order valence-corrected chi connectivity index (χ3v) is 5.67. The average Bonchev–Trinajstić information content (AvgIpc) is 3.20. The van der Waals surface area contributed by atoms with E-state index in [1.807, 2.05) is 24.3 Å². The summed E-state index contributed by atoms with van der Waals surface area (Å²) in [6.07, 6.45) is 3.74. The quantitative estimate of drug-likeness (QED) is 0.806. The molecule has 2 fully saturated rings. The molecule has 134 valence electrons. The standard InChI is InChI=1S/C19H19ClN4O2/c1-11-8-22-17(25)16(23-11)15(7-21)18(26)24-9-13-6-19(13,10-24)12-2-4-14(20)5-3-12/h2-5,7-8,13H,6,9-10,21H2,1H3,(H,22,25). The second-order valence-corrected chi connectivity index (χ2v) is 7.49. The number of likely N-dealkylation sites (tertiary alicyclic amines) is 1. The number of aromatic nitrogens is 2. The Hall–Kier alpha value is -2.60. The van der Waals surface area contributed by atoms with Gasteiger partial charge in [0.2, 0.25) is 0 Å². The number of benzene rings is 1. The predicted octanol–water partition coefficient (Wildman–Crippen LogP) is 1.83. The molecule has 7 heteroatoms. The first-order valence-electron chi connectivity index (χ1n) is 8.48. The van der Waals surface area contributed by atoms with Crippen molar-refractivity contribution in [2.45, 2.75) is 18.8 Å². The van der Waals surface area contributed by atoms with Gasteiger partial charge in [0.1, 0.15) is 5.69 Å². The van der Waals surface area contributed by atoms with Gasteiger partial charge in [-0.25, -0.2) is 4.98 Å². The van der Waals surface area contributed by atoms with Gasteiger partial charge in [0.25, 0.3) is 11.5 Å². The number of nitrogens with one attached hydrogen (secondary N) is 1. The van der Waals surface area contributed by atoms with Crippen LogP contribution in [0.15, 0.2) is 41.5 Å². The molecule has 1 aromatic carbocycles. The number of hydrogen-bond acceptors (Lipinski definition) is 4. The number of hydrogen-bond donors (Lipinski definition) is 2. The van der Waals surface area contributed by atoms with E-state index in [4.69, 9.17) is 17.3 Å². The fourth-order valence-electron chi connectivity index (χ4n) is 3.97. The van der Waals surface area contributed by atoms with E-state index >= 15 is 0 Å². The fourth-order valence-corrected chi connectivity index (χ4v) is 4.09. The number of carbonyl (C=O) groups excluding carboxylic acids is 1. The molecule has 1 saturated carbocycles. The number of aromatic amines is 1. The molecule has 6 nitrogen and oxygen atoms in total. The molecule has 1 saturated heterocycles. The van der Waals surface area contributed by atoms with E-state index in [2.05, 4.69) is 9.97 Å². The van der Waals surface area contributed by atoms with Gasteiger partial charge in [-0.2, -0.15) is 0 Å². The van der Waals surface area contributed by atoms with Crippen LogP contribution in [0.3, 0.4) is 0 Å². The number of H-pyrrole nitrogens is 1. The van der Waals surface area contributed by atoms with Crippen molar-refractivity contribution in [3.63, 3.8) is 0 Å². The van der Waals surface area contributed by atoms with E-state index in [-0.39, 0.29) is 22.6 Å². The summed E-state index contributed by atoms with van der Waals surface area (Å²) in [5.41, 5.74) is 7.28. The third-order valence-electron chi connectivity index (χ3n) is 5.42. The molecule has 0 spiro atoms. The normalized spacial score (nSPS) is 24.5. The van der Waals surface area contributed by atoms with Crippen molar-refractivity contribution in [1.82, 2.24) is 14.9 Å². The first-order chi connectivity index (χ1) is 12.4. The van der Waals surface area contributed by atoms with Crippen LogP contribution in [-0.2, 0) is 10.2 Å². The Morgan fingerprint density at radius 3 is 2.85 bits per heavy atom. The number of aryl methyl sites for hydroxylation is 1. The van der Waals surface area contributed by atoms with Crippen LogP contribution >= 0.6 is 11.6 Å². The van der Waals surface area contributed by atoms with Crippen molar-refractivity contribution in [3.05, 3.63) is 69.0 Å².